The molecule has 190 valence electrons. The molecule has 0 N–H and O–H groups in total. The van der Waals surface area contributed by atoms with Gasteiger partial charge in [-0.05, 0) is 68.9 Å². The average molecular weight is 491 g/mol. The van der Waals surface area contributed by atoms with Crippen LogP contribution in [0.1, 0.15) is 45.8 Å². The van der Waals surface area contributed by atoms with E-state index in [1.165, 1.54) is 0 Å². The summed E-state index contributed by atoms with van der Waals surface area (Å²) in [4.78, 5) is 34.2. The van der Waals surface area contributed by atoms with Gasteiger partial charge in [-0.15, -0.1) is 0 Å². The third kappa shape index (κ3) is 5.75. The number of pyridine rings is 1. The molecule has 2 aromatic heterocycles. The number of methoxy groups -OCH3 is 1. The van der Waals surface area contributed by atoms with E-state index >= 15 is 0 Å². The number of carbonyl (C=O) groups is 2. The van der Waals surface area contributed by atoms with Gasteiger partial charge in [0.05, 0.1) is 24.8 Å². The van der Waals surface area contributed by atoms with Gasteiger partial charge in [0.15, 0.2) is 0 Å². The van der Waals surface area contributed by atoms with Gasteiger partial charge in [0.1, 0.15) is 11.5 Å². The van der Waals surface area contributed by atoms with Crippen molar-refractivity contribution in [2.45, 2.75) is 45.6 Å². The third-order valence-corrected chi connectivity index (χ3v) is 7.25. The van der Waals surface area contributed by atoms with Crippen molar-refractivity contribution in [2.75, 3.05) is 27.2 Å². The average Bonchev–Trinajstić information content (AvgIpc) is 3.23. The minimum atomic E-state index is -0.0482. The smallest absolute Gasteiger partial charge is 0.255 e. The topological polar surface area (TPSA) is 88.8 Å². The van der Waals surface area contributed by atoms with Crippen molar-refractivity contribution < 1.29 is 18.8 Å². The normalized spacial score (nSPS) is 14.9. The number of rotatable bonds is 8. The standard InChI is InChI=1S/C28H34N4O4/c1-19-25(20(2)36-30-19)17-27(33)32-13-10-22(11-14-32)26(16-21-7-5-9-24(15-21)35-4)31(3)28(34)23-8-6-12-29-18-23/h5-9,12,15,18,22,26H,10-11,13-14,16-17H2,1-4H3. The van der Waals surface area contributed by atoms with Gasteiger partial charge >= 0.3 is 0 Å². The lowest BCUT2D eigenvalue weighted by Gasteiger charge is -2.40. The summed E-state index contributed by atoms with van der Waals surface area (Å²) in [5, 5.41) is 3.97. The highest BCUT2D eigenvalue weighted by Gasteiger charge is 2.33. The van der Waals surface area contributed by atoms with E-state index in [1.54, 1.807) is 31.6 Å². The molecule has 8 heteroatoms. The van der Waals surface area contributed by atoms with E-state index < -0.39 is 0 Å². The molecular formula is C28H34N4O4. The van der Waals surface area contributed by atoms with Gasteiger partial charge in [-0.2, -0.15) is 0 Å². The first-order valence-electron chi connectivity index (χ1n) is 12.4. The molecular weight excluding hydrogens is 456 g/mol. The highest BCUT2D eigenvalue weighted by Crippen LogP contribution is 2.29. The summed E-state index contributed by atoms with van der Waals surface area (Å²) in [5.41, 5.74) is 3.33. The zero-order valence-electron chi connectivity index (χ0n) is 21.4. The van der Waals surface area contributed by atoms with E-state index in [-0.39, 0.29) is 23.8 Å². The van der Waals surface area contributed by atoms with E-state index in [1.807, 2.05) is 48.9 Å². The second-order valence-corrected chi connectivity index (χ2v) is 9.48. The summed E-state index contributed by atoms with van der Waals surface area (Å²) in [5.74, 6) is 1.79. The second kappa shape index (κ2) is 11.4. The highest BCUT2D eigenvalue weighted by molar-refractivity contribution is 5.94. The molecule has 8 nitrogen and oxygen atoms in total. The van der Waals surface area contributed by atoms with Crippen LogP contribution in [-0.2, 0) is 17.6 Å². The number of hydrogen-bond acceptors (Lipinski definition) is 6. The molecule has 0 aliphatic carbocycles. The zero-order chi connectivity index (χ0) is 25.7. The van der Waals surface area contributed by atoms with Crippen LogP contribution >= 0.6 is 0 Å². The number of piperidine rings is 1. The molecule has 1 aliphatic heterocycles. The monoisotopic (exact) mass is 490 g/mol. The summed E-state index contributed by atoms with van der Waals surface area (Å²) < 4.78 is 10.6. The molecule has 0 bridgehead atoms. The van der Waals surface area contributed by atoms with Gasteiger partial charge in [0, 0.05) is 44.1 Å². The number of aromatic nitrogens is 2. The van der Waals surface area contributed by atoms with Crippen LogP contribution in [0.15, 0.2) is 53.3 Å². The Morgan fingerprint density at radius 3 is 2.61 bits per heavy atom. The maximum atomic E-state index is 13.3. The minimum Gasteiger partial charge on any atom is -0.497 e. The number of likely N-dealkylation sites (tertiary alicyclic amines) is 1. The van der Waals surface area contributed by atoms with Crippen molar-refractivity contribution in [1.29, 1.82) is 0 Å². The molecule has 2 amide bonds. The summed E-state index contributed by atoms with van der Waals surface area (Å²) >= 11 is 0. The number of likely N-dealkylation sites (N-methyl/N-ethyl adjacent to an activating group) is 1. The maximum Gasteiger partial charge on any atom is 0.255 e. The molecule has 1 fully saturated rings. The van der Waals surface area contributed by atoms with Gasteiger partial charge in [-0.25, -0.2) is 0 Å². The van der Waals surface area contributed by atoms with E-state index in [0.29, 0.717) is 37.3 Å². The molecule has 1 aromatic carbocycles. The molecule has 1 atom stereocenters. The first kappa shape index (κ1) is 25.4. The molecule has 1 saturated heterocycles. The SMILES string of the molecule is COc1cccc(CC(C2CCN(C(=O)Cc3c(C)noc3C)CC2)N(C)C(=O)c2cccnc2)c1. The molecule has 0 saturated carbocycles. The van der Waals surface area contributed by atoms with Gasteiger partial charge in [-0.1, -0.05) is 17.3 Å². The molecule has 0 spiro atoms. The van der Waals surface area contributed by atoms with Crippen LogP contribution < -0.4 is 4.74 Å². The van der Waals surface area contributed by atoms with Crippen LogP contribution in [0.3, 0.4) is 0 Å². The maximum absolute atomic E-state index is 13.3. The Balaban J connectivity index is 1.48. The molecule has 3 heterocycles. The Bertz CT molecular complexity index is 1170. The molecule has 0 radical (unpaired) electrons. The Labute approximate surface area is 212 Å². The third-order valence-electron chi connectivity index (χ3n) is 7.25. The van der Waals surface area contributed by atoms with Gasteiger partial charge < -0.3 is 19.1 Å². The van der Waals surface area contributed by atoms with Gasteiger partial charge in [-0.3, -0.25) is 14.6 Å². The summed E-state index contributed by atoms with van der Waals surface area (Å²) in [6, 6.07) is 11.5. The van der Waals surface area contributed by atoms with Crippen molar-refractivity contribution >= 4 is 11.8 Å². The van der Waals surface area contributed by atoms with E-state index in [0.717, 1.165) is 35.4 Å². The van der Waals surface area contributed by atoms with E-state index in [2.05, 4.69) is 16.2 Å². The number of hydrogen-bond donors (Lipinski definition) is 0. The van der Waals surface area contributed by atoms with Crippen molar-refractivity contribution in [2.24, 2.45) is 5.92 Å². The largest absolute Gasteiger partial charge is 0.497 e. The fourth-order valence-corrected chi connectivity index (χ4v) is 5.06. The lowest BCUT2D eigenvalue weighted by atomic mass is 9.84. The minimum absolute atomic E-state index is 0.0235. The first-order valence-corrected chi connectivity index (χ1v) is 12.4. The number of benzene rings is 1. The van der Waals surface area contributed by atoms with Crippen molar-refractivity contribution in [1.82, 2.24) is 19.9 Å². The fraction of sp³-hybridized carbons (Fsp3) is 0.429. The molecule has 4 rings (SSSR count). The molecule has 1 unspecified atom stereocenters. The number of nitrogens with zero attached hydrogens (tertiary/aromatic N) is 4. The van der Waals surface area contributed by atoms with Gasteiger partial charge in [0.25, 0.3) is 5.91 Å². The van der Waals surface area contributed by atoms with Crippen molar-refractivity contribution in [3.63, 3.8) is 0 Å². The van der Waals surface area contributed by atoms with Crippen LogP contribution in [0.5, 0.6) is 5.75 Å². The van der Waals surface area contributed by atoms with Crippen molar-refractivity contribution in [3.8, 4) is 5.75 Å². The molecule has 3 aromatic rings. The lowest BCUT2D eigenvalue weighted by molar-refractivity contribution is -0.132. The van der Waals surface area contributed by atoms with E-state index in [9.17, 15) is 9.59 Å². The Hall–Kier alpha value is -3.68. The quantitative estimate of drug-likeness (QED) is 0.476. The number of aryl methyl sites for hydroxylation is 2. The highest BCUT2D eigenvalue weighted by atomic mass is 16.5. The van der Waals surface area contributed by atoms with E-state index in [4.69, 9.17) is 9.26 Å². The van der Waals surface area contributed by atoms with Gasteiger partial charge in [0.2, 0.25) is 5.91 Å². The van der Waals surface area contributed by atoms with Crippen molar-refractivity contribution in [3.05, 3.63) is 76.9 Å². The lowest BCUT2D eigenvalue weighted by Crippen LogP contribution is -2.48. The van der Waals surface area contributed by atoms with Crippen LogP contribution in [0.25, 0.3) is 0 Å². The summed E-state index contributed by atoms with van der Waals surface area (Å²) in [6.07, 6.45) is 5.94. The Kier molecular flexibility index (Phi) is 8.03. The summed E-state index contributed by atoms with van der Waals surface area (Å²) in [7, 11) is 3.53. The Morgan fingerprint density at radius 2 is 1.97 bits per heavy atom. The number of amides is 2. The van der Waals surface area contributed by atoms with Crippen LogP contribution in [-0.4, -0.2) is 65.0 Å². The first-order chi connectivity index (χ1) is 17.4. The zero-order valence-corrected chi connectivity index (χ0v) is 21.4. The number of carbonyl (C=O) groups excluding carboxylic acids is 2. The Morgan fingerprint density at radius 1 is 1.19 bits per heavy atom. The predicted molar refractivity (Wildman–Crippen MR) is 136 cm³/mol. The fourth-order valence-electron chi connectivity index (χ4n) is 5.06. The predicted octanol–water partition coefficient (Wildman–Crippen LogP) is 3.86. The van der Waals surface area contributed by atoms with Crippen LogP contribution in [0.2, 0.25) is 0 Å². The number of ether oxygens (including phenoxy) is 1. The summed E-state index contributed by atoms with van der Waals surface area (Å²) in [6.45, 7) is 5.03. The van der Waals surface area contributed by atoms with Crippen LogP contribution in [0.4, 0.5) is 0 Å². The second-order valence-electron chi connectivity index (χ2n) is 9.48. The molecule has 36 heavy (non-hydrogen) atoms. The van der Waals surface area contributed by atoms with Crippen LogP contribution in [0, 0.1) is 19.8 Å². The molecule has 1 aliphatic rings.